The molecule has 0 heterocycles. The highest BCUT2D eigenvalue weighted by Gasteiger charge is 2.11. The second-order valence-corrected chi connectivity index (χ2v) is 5.00. The smallest absolute Gasteiger partial charge is 0.322 e. The number of ether oxygens (including phenoxy) is 2. The summed E-state index contributed by atoms with van der Waals surface area (Å²) < 4.78 is 11.8. The molecule has 1 rings (SSSR count). The van der Waals surface area contributed by atoms with Crippen molar-refractivity contribution in [2.45, 2.75) is 13.8 Å². The summed E-state index contributed by atoms with van der Waals surface area (Å²) in [5, 5.41) is 10.7. The zero-order valence-corrected chi connectivity index (χ0v) is 14.0. The summed E-state index contributed by atoms with van der Waals surface area (Å²) in [5.74, 6) is -0.393. The van der Waals surface area contributed by atoms with Crippen molar-refractivity contribution >= 4 is 33.9 Å². The van der Waals surface area contributed by atoms with Crippen LogP contribution in [0.1, 0.15) is 19.4 Å². The van der Waals surface area contributed by atoms with Crippen LogP contribution in [0, 0.1) is 0 Å². The van der Waals surface area contributed by atoms with Crippen LogP contribution in [0.2, 0.25) is 0 Å². The lowest BCUT2D eigenvalue weighted by Gasteiger charge is -2.13. The molecule has 0 unspecified atom stereocenters. The molecule has 0 aromatic heterocycles. The number of carbonyl (C=O) groups excluding carboxylic acids is 1. The van der Waals surface area contributed by atoms with Crippen LogP contribution < -0.4 is 14.8 Å². The van der Waals surface area contributed by atoms with E-state index in [1.807, 2.05) is 13.8 Å². The molecular formula is C15H18BrNO5. The van der Waals surface area contributed by atoms with Gasteiger partial charge >= 0.3 is 5.97 Å². The Hall–Kier alpha value is -2.02. The van der Waals surface area contributed by atoms with Gasteiger partial charge in [-0.25, -0.2) is 0 Å². The Morgan fingerprint density at radius 2 is 1.95 bits per heavy atom. The molecule has 22 heavy (non-hydrogen) atoms. The molecule has 0 atom stereocenters. The monoisotopic (exact) mass is 371 g/mol. The van der Waals surface area contributed by atoms with Gasteiger partial charge in [0.05, 0.1) is 17.7 Å². The predicted molar refractivity (Wildman–Crippen MR) is 86.2 cm³/mol. The fourth-order valence-electron chi connectivity index (χ4n) is 1.63. The molecule has 2 N–H and O–H groups in total. The largest absolute Gasteiger partial charge is 0.490 e. The molecule has 120 valence electrons. The van der Waals surface area contributed by atoms with Crippen LogP contribution in [0.25, 0.3) is 6.08 Å². The van der Waals surface area contributed by atoms with Gasteiger partial charge in [-0.1, -0.05) is 0 Å². The first-order valence-corrected chi connectivity index (χ1v) is 7.54. The number of rotatable bonds is 8. The fourth-order valence-corrected chi connectivity index (χ4v) is 2.20. The zero-order valence-electron chi connectivity index (χ0n) is 12.4. The van der Waals surface area contributed by atoms with E-state index >= 15 is 0 Å². The van der Waals surface area contributed by atoms with Crippen LogP contribution in [0.5, 0.6) is 11.5 Å². The molecule has 1 amide bonds. The van der Waals surface area contributed by atoms with Crippen molar-refractivity contribution < 1.29 is 24.2 Å². The van der Waals surface area contributed by atoms with Gasteiger partial charge in [-0.15, -0.1) is 0 Å². The van der Waals surface area contributed by atoms with E-state index in [1.54, 1.807) is 18.2 Å². The molecule has 6 nitrogen and oxygen atoms in total. The van der Waals surface area contributed by atoms with Crippen LogP contribution in [-0.4, -0.2) is 36.7 Å². The SMILES string of the molecule is CCOc1cc(/C=C/C(=O)NCC(=O)O)cc(Br)c1OCC. The maximum Gasteiger partial charge on any atom is 0.322 e. The van der Waals surface area contributed by atoms with E-state index in [4.69, 9.17) is 14.6 Å². The molecule has 0 bridgehead atoms. The molecule has 0 spiro atoms. The predicted octanol–water partition coefficient (Wildman–Crippen LogP) is 2.46. The summed E-state index contributed by atoms with van der Waals surface area (Å²) in [4.78, 5) is 21.8. The van der Waals surface area contributed by atoms with E-state index in [2.05, 4.69) is 21.2 Å². The van der Waals surface area contributed by atoms with Gasteiger partial charge in [-0.05, 0) is 53.5 Å². The van der Waals surface area contributed by atoms with Crippen LogP contribution in [0.4, 0.5) is 0 Å². The average molecular weight is 372 g/mol. The molecule has 0 saturated carbocycles. The van der Waals surface area contributed by atoms with Gasteiger partial charge in [0, 0.05) is 6.08 Å². The third-order valence-electron chi connectivity index (χ3n) is 2.46. The highest BCUT2D eigenvalue weighted by molar-refractivity contribution is 9.10. The van der Waals surface area contributed by atoms with Crippen molar-refractivity contribution in [3.05, 3.63) is 28.2 Å². The number of carbonyl (C=O) groups is 2. The molecule has 0 aliphatic heterocycles. The highest BCUT2D eigenvalue weighted by atomic mass is 79.9. The lowest BCUT2D eigenvalue weighted by molar-refractivity contribution is -0.137. The summed E-state index contributed by atoms with van der Waals surface area (Å²) in [6, 6.07) is 3.54. The molecule has 0 radical (unpaired) electrons. The summed E-state index contributed by atoms with van der Waals surface area (Å²) in [6.45, 7) is 4.32. The van der Waals surface area contributed by atoms with E-state index in [-0.39, 0.29) is 0 Å². The van der Waals surface area contributed by atoms with E-state index < -0.39 is 18.4 Å². The maximum atomic E-state index is 11.5. The van der Waals surface area contributed by atoms with Gasteiger partial charge in [0.25, 0.3) is 0 Å². The molecule has 1 aromatic rings. The van der Waals surface area contributed by atoms with Crippen molar-refractivity contribution in [3.8, 4) is 11.5 Å². The second-order valence-electron chi connectivity index (χ2n) is 4.14. The molecule has 0 aliphatic rings. The van der Waals surface area contributed by atoms with Crippen molar-refractivity contribution in [3.63, 3.8) is 0 Å². The Morgan fingerprint density at radius 3 is 2.55 bits per heavy atom. The number of carboxylic acids is 1. The lowest BCUT2D eigenvalue weighted by atomic mass is 10.2. The van der Waals surface area contributed by atoms with Gasteiger partial charge in [0.2, 0.25) is 5.91 Å². The van der Waals surface area contributed by atoms with Gasteiger partial charge in [-0.3, -0.25) is 9.59 Å². The first-order valence-electron chi connectivity index (χ1n) is 6.74. The number of hydrogen-bond acceptors (Lipinski definition) is 4. The molecule has 0 fully saturated rings. The van der Waals surface area contributed by atoms with E-state index in [0.717, 1.165) is 5.56 Å². The Bertz CT molecular complexity index is 571. The third-order valence-corrected chi connectivity index (χ3v) is 3.05. The number of carboxylic acid groups (broad SMARTS) is 1. The third kappa shape index (κ3) is 5.77. The van der Waals surface area contributed by atoms with Crippen molar-refractivity contribution in [2.24, 2.45) is 0 Å². The normalized spacial score (nSPS) is 10.5. The molecule has 0 saturated heterocycles. The van der Waals surface area contributed by atoms with E-state index in [1.165, 1.54) is 6.08 Å². The number of halogens is 1. The lowest BCUT2D eigenvalue weighted by Crippen LogP contribution is -2.27. The molecule has 0 aliphatic carbocycles. The summed E-state index contributed by atoms with van der Waals surface area (Å²) in [6.07, 6.45) is 2.83. The number of amides is 1. The first kappa shape index (κ1) is 18.0. The number of benzene rings is 1. The van der Waals surface area contributed by atoms with Crippen LogP contribution >= 0.6 is 15.9 Å². The minimum absolute atomic E-state index is 0.416. The Morgan fingerprint density at radius 1 is 1.27 bits per heavy atom. The average Bonchev–Trinajstić information content (AvgIpc) is 2.46. The van der Waals surface area contributed by atoms with Crippen molar-refractivity contribution in [1.29, 1.82) is 0 Å². The van der Waals surface area contributed by atoms with Gasteiger partial charge in [0.1, 0.15) is 6.54 Å². The van der Waals surface area contributed by atoms with Gasteiger partial charge in [0.15, 0.2) is 11.5 Å². The maximum absolute atomic E-state index is 11.5. The Labute approximate surface area is 137 Å². The van der Waals surface area contributed by atoms with Crippen molar-refractivity contribution in [2.75, 3.05) is 19.8 Å². The second kappa shape index (κ2) is 9.09. The highest BCUT2D eigenvalue weighted by Crippen LogP contribution is 2.37. The number of hydrogen-bond donors (Lipinski definition) is 2. The Balaban J connectivity index is 2.91. The van der Waals surface area contributed by atoms with E-state index in [9.17, 15) is 9.59 Å². The number of aliphatic carboxylic acids is 1. The summed E-state index contributed by atoms with van der Waals surface area (Å²) in [5.41, 5.74) is 0.726. The first-order chi connectivity index (χ1) is 10.5. The minimum Gasteiger partial charge on any atom is -0.490 e. The standard InChI is InChI=1S/C15H18BrNO5/c1-3-21-12-8-10(7-11(16)15(12)22-4-2)5-6-13(18)17-9-14(19)20/h5-8H,3-4,9H2,1-2H3,(H,17,18)(H,19,20)/b6-5+. The van der Waals surface area contributed by atoms with Crippen LogP contribution in [-0.2, 0) is 9.59 Å². The minimum atomic E-state index is -1.09. The van der Waals surface area contributed by atoms with Crippen molar-refractivity contribution in [1.82, 2.24) is 5.32 Å². The van der Waals surface area contributed by atoms with Gasteiger partial charge < -0.3 is 19.9 Å². The van der Waals surface area contributed by atoms with Gasteiger partial charge in [-0.2, -0.15) is 0 Å². The topological polar surface area (TPSA) is 84.9 Å². The number of nitrogens with one attached hydrogen (secondary N) is 1. The van der Waals surface area contributed by atoms with Crippen LogP contribution in [0.15, 0.2) is 22.7 Å². The Kier molecular flexibility index (Phi) is 7.45. The van der Waals surface area contributed by atoms with E-state index in [0.29, 0.717) is 29.2 Å². The summed E-state index contributed by atoms with van der Waals surface area (Å²) in [7, 11) is 0. The fraction of sp³-hybridized carbons (Fsp3) is 0.333. The zero-order chi connectivity index (χ0) is 16.5. The quantitative estimate of drug-likeness (QED) is 0.685. The molecule has 1 aromatic carbocycles. The molecule has 7 heteroatoms. The summed E-state index contributed by atoms with van der Waals surface area (Å²) >= 11 is 3.41. The molecular weight excluding hydrogens is 354 g/mol. The van der Waals surface area contributed by atoms with Crippen LogP contribution in [0.3, 0.4) is 0 Å².